The third-order valence-electron chi connectivity index (χ3n) is 2.44. The molecule has 2 aromatic carbocycles. The van der Waals surface area contributed by atoms with Gasteiger partial charge in [-0.2, -0.15) is 11.6 Å². The van der Waals surface area contributed by atoms with Crippen molar-refractivity contribution in [3.63, 3.8) is 0 Å². The molecule has 2 rings (SSSR count). The molecule has 0 atom stereocenters. The molecule has 0 unspecified atom stereocenters. The van der Waals surface area contributed by atoms with Crippen LogP contribution in [0.25, 0.3) is 11.1 Å². The maximum Gasteiger partial charge on any atom is 2.00 e. The molecule has 0 aliphatic rings. The zero-order valence-corrected chi connectivity index (χ0v) is 12.9. The number of nitrogens with zero attached hydrogens (tertiary/aromatic N) is 1. The quantitative estimate of drug-likeness (QED) is 0.440. The zero-order valence-electron chi connectivity index (χ0n) is 11.4. The second-order valence-electron chi connectivity index (χ2n) is 5.22. The van der Waals surface area contributed by atoms with E-state index in [1.165, 1.54) is 0 Å². The van der Waals surface area contributed by atoms with Gasteiger partial charge in [0.1, 0.15) is 0 Å². The Morgan fingerprint density at radius 3 is 2.32 bits per heavy atom. The van der Waals surface area contributed by atoms with Crippen molar-refractivity contribution in [2.45, 2.75) is 26.3 Å². The normalized spacial score (nSPS) is 11.3. The van der Waals surface area contributed by atoms with Gasteiger partial charge in [-0.1, -0.05) is 18.3 Å². The molecule has 0 spiro atoms. The summed E-state index contributed by atoms with van der Waals surface area (Å²) < 4.78 is 0. The molecule has 1 nitrogen and oxygen atoms in total. The monoisotopic (exact) mass is 341 g/mol. The molecule has 100 valence electrons. The molecule has 0 radical (unpaired) electrons. The summed E-state index contributed by atoms with van der Waals surface area (Å²) in [5.74, 6) is 0. The second-order valence-corrected chi connectivity index (χ2v) is 5.22. The van der Waals surface area contributed by atoms with Gasteiger partial charge < -0.3 is 4.99 Å². The summed E-state index contributed by atoms with van der Waals surface area (Å²) in [6, 6.07) is 19.3. The topological polar surface area (TPSA) is 12.4 Å². The molecule has 0 heterocycles. The van der Waals surface area contributed by atoms with Gasteiger partial charge in [0.25, 0.3) is 0 Å². The Labute approximate surface area is 129 Å². The van der Waals surface area contributed by atoms with Crippen LogP contribution < -0.4 is 0 Å². The molecule has 19 heavy (non-hydrogen) atoms. The summed E-state index contributed by atoms with van der Waals surface area (Å²) in [5, 5.41) is 0. The van der Waals surface area contributed by atoms with Gasteiger partial charge in [0.2, 0.25) is 0 Å². The summed E-state index contributed by atoms with van der Waals surface area (Å²) in [5.41, 5.74) is 3.10. The van der Waals surface area contributed by atoms with E-state index >= 15 is 0 Å². The molecule has 0 N–H and O–H groups in total. The van der Waals surface area contributed by atoms with E-state index in [-0.39, 0.29) is 26.0 Å². The van der Waals surface area contributed by atoms with Crippen LogP contribution in [0.2, 0.25) is 0 Å². The van der Waals surface area contributed by atoms with Crippen molar-refractivity contribution in [2.24, 2.45) is 4.99 Å². The van der Waals surface area contributed by atoms with E-state index in [9.17, 15) is 0 Å². The van der Waals surface area contributed by atoms with Crippen LogP contribution in [-0.2, 0) is 20.4 Å². The average molecular weight is 342 g/mol. The summed E-state index contributed by atoms with van der Waals surface area (Å²) in [4.78, 5) is 4.45. The van der Waals surface area contributed by atoms with Gasteiger partial charge in [-0.15, -0.1) is 47.5 Å². The molecule has 0 bridgehead atoms. The van der Waals surface area contributed by atoms with E-state index < -0.39 is 0 Å². The zero-order chi connectivity index (χ0) is 13.0. The van der Waals surface area contributed by atoms with Crippen LogP contribution in [0.3, 0.4) is 0 Å². The van der Waals surface area contributed by atoms with E-state index in [2.05, 4.69) is 50.2 Å². The minimum Gasteiger partial charge on any atom is -0.354 e. The molecule has 0 saturated carbocycles. The molecule has 2 aromatic rings. The van der Waals surface area contributed by atoms with Crippen LogP contribution >= 0.6 is 0 Å². The number of hydrogen-bond acceptors (Lipinski definition) is 1. The van der Waals surface area contributed by atoms with Gasteiger partial charge in [-0.25, -0.2) is 0 Å². The smallest absolute Gasteiger partial charge is 0.354 e. The first-order valence-electron chi connectivity index (χ1n) is 6.10. The van der Waals surface area contributed by atoms with Crippen molar-refractivity contribution in [2.75, 3.05) is 0 Å². The first-order valence-corrected chi connectivity index (χ1v) is 6.10. The molecule has 0 fully saturated rings. The largest absolute Gasteiger partial charge is 2.00 e. The van der Waals surface area contributed by atoms with Crippen molar-refractivity contribution in [1.29, 1.82) is 0 Å². The van der Waals surface area contributed by atoms with E-state index in [0.29, 0.717) is 0 Å². The third-order valence-corrected chi connectivity index (χ3v) is 2.44. The fourth-order valence-electron chi connectivity index (χ4n) is 1.60. The van der Waals surface area contributed by atoms with Crippen LogP contribution in [0.15, 0.2) is 53.5 Å². The van der Waals surface area contributed by atoms with Crippen LogP contribution in [0.1, 0.15) is 26.3 Å². The van der Waals surface area contributed by atoms with Gasteiger partial charge in [0, 0.05) is 5.54 Å². The number of benzene rings is 2. The molecule has 2 heteroatoms. The molecule has 0 aliphatic heterocycles. The van der Waals surface area contributed by atoms with Gasteiger partial charge in [-0.3, -0.25) is 0 Å². The van der Waals surface area contributed by atoms with E-state index in [4.69, 9.17) is 0 Å². The van der Waals surface area contributed by atoms with Crippen molar-refractivity contribution in [1.82, 2.24) is 0 Å². The number of aliphatic imine (C=N–C) groups is 1. The van der Waals surface area contributed by atoms with Gasteiger partial charge in [-0.05, 0) is 20.8 Å². The Bertz CT molecular complexity index is 539. The standard InChI is InChI=1S/C17H17N.Pd/c1-17(2,3)18-13-15-11-7-8-12-16(15)14-9-5-4-6-10-14;/h4-9,11-12H,1-3H3;/q-2;+2. The van der Waals surface area contributed by atoms with Crippen molar-refractivity contribution in [3.05, 3.63) is 60.2 Å². The SMILES string of the molecule is CC(C)(C)N=[C-]c1ccccc1-c1[c-]cccc1.[Pd+2]. The molecule has 0 aromatic heterocycles. The van der Waals surface area contributed by atoms with Crippen molar-refractivity contribution < 1.29 is 20.4 Å². The predicted octanol–water partition coefficient (Wildman–Crippen LogP) is 4.25. The van der Waals surface area contributed by atoms with Crippen molar-refractivity contribution in [3.8, 4) is 11.1 Å². The Morgan fingerprint density at radius 1 is 1.00 bits per heavy atom. The Kier molecular flexibility index (Phi) is 5.66. The van der Waals surface area contributed by atoms with Gasteiger partial charge in [0.05, 0.1) is 0 Å². The fourth-order valence-corrected chi connectivity index (χ4v) is 1.60. The minimum absolute atomic E-state index is 0. The predicted molar refractivity (Wildman–Crippen MR) is 77.0 cm³/mol. The van der Waals surface area contributed by atoms with Crippen LogP contribution in [0.4, 0.5) is 0 Å². The number of rotatable bonds is 2. The summed E-state index contributed by atoms with van der Waals surface area (Å²) in [6.45, 7) is 6.20. The first-order chi connectivity index (χ1) is 8.56. The van der Waals surface area contributed by atoms with Crippen molar-refractivity contribution >= 4 is 6.21 Å². The third kappa shape index (κ3) is 4.75. The number of hydrogen-bond donors (Lipinski definition) is 0. The molecular formula is C17H17NPd. The Hall–Kier alpha value is -1.23. The molecular weight excluding hydrogens is 325 g/mol. The average Bonchev–Trinajstić information content (AvgIpc) is 2.37. The van der Waals surface area contributed by atoms with Crippen LogP contribution in [0.5, 0.6) is 0 Å². The van der Waals surface area contributed by atoms with E-state index in [0.717, 1.165) is 16.7 Å². The molecule has 0 amide bonds. The maximum absolute atomic E-state index is 4.45. The molecule has 0 saturated heterocycles. The summed E-state index contributed by atoms with van der Waals surface area (Å²) in [6.07, 6.45) is 3.16. The summed E-state index contributed by atoms with van der Waals surface area (Å²) in [7, 11) is 0. The van der Waals surface area contributed by atoms with Crippen LogP contribution in [-0.4, -0.2) is 11.8 Å². The van der Waals surface area contributed by atoms with Crippen LogP contribution in [0, 0.1) is 6.07 Å². The minimum atomic E-state index is -0.104. The second kappa shape index (κ2) is 6.80. The van der Waals surface area contributed by atoms with E-state index in [1.807, 2.05) is 36.4 Å². The van der Waals surface area contributed by atoms with Gasteiger partial charge in [0.15, 0.2) is 0 Å². The molecule has 0 aliphatic carbocycles. The Morgan fingerprint density at radius 2 is 1.68 bits per heavy atom. The first kappa shape index (κ1) is 15.8. The maximum atomic E-state index is 4.45. The Balaban J connectivity index is 0.00000180. The fraction of sp³-hybridized carbons (Fsp3) is 0.235. The van der Waals surface area contributed by atoms with Gasteiger partial charge >= 0.3 is 20.4 Å². The summed E-state index contributed by atoms with van der Waals surface area (Å²) >= 11 is 0. The van der Waals surface area contributed by atoms with E-state index in [1.54, 1.807) is 0 Å².